The highest BCUT2D eigenvalue weighted by Gasteiger charge is 2.27. The summed E-state index contributed by atoms with van der Waals surface area (Å²) in [6.07, 6.45) is 2.45. The highest BCUT2D eigenvalue weighted by atomic mass is 79.9. The summed E-state index contributed by atoms with van der Waals surface area (Å²) in [4.78, 5) is 9.18. The van der Waals surface area contributed by atoms with Crippen LogP contribution in [0.2, 0.25) is 0 Å². The molecule has 1 aromatic carbocycles. The van der Waals surface area contributed by atoms with Crippen LogP contribution in [0, 0.1) is 6.92 Å². The Balaban J connectivity index is 2.32. The number of nitrogens with zero attached hydrogens (tertiary/aromatic N) is 2. The maximum absolute atomic E-state index is 4.65. The number of benzene rings is 1. The van der Waals surface area contributed by atoms with Gasteiger partial charge in [-0.15, -0.1) is 0 Å². The zero-order valence-corrected chi connectivity index (χ0v) is 12.0. The Hall–Kier alpha value is -0.480. The van der Waals surface area contributed by atoms with Crippen molar-refractivity contribution in [1.82, 2.24) is 9.97 Å². The average molecular weight is 342 g/mol. The van der Waals surface area contributed by atoms with Gasteiger partial charge >= 0.3 is 0 Å². The molecule has 1 aliphatic rings. The van der Waals surface area contributed by atoms with Gasteiger partial charge in [0.1, 0.15) is 10.4 Å². The third kappa shape index (κ3) is 1.78. The van der Waals surface area contributed by atoms with Crippen LogP contribution >= 0.6 is 31.9 Å². The molecule has 1 heterocycles. The monoisotopic (exact) mass is 340 g/mol. The normalized spacial score (nSPS) is 15.7. The molecule has 0 amide bonds. The summed E-state index contributed by atoms with van der Waals surface area (Å²) < 4.78 is 1.95. The van der Waals surface area contributed by atoms with E-state index in [4.69, 9.17) is 0 Å². The van der Waals surface area contributed by atoms with E-state index < -0.39 is 0 Å². The van der Waals surface area contributed by atoms with Gasteiger partial charge in [0.05, 0.1) is 5.52 Å². The molecule has 2 aromatic rings. The molecule has 3 rings (SSSR count). The van der Waals surface area contributed by atoms with Crippen molar-refractivity contribution in [3.63, 3.8) is 0 Å². The first kappa shape index (κ1) is 10.7. The zero-order chi connectivity index (χ0) is 11.3. The van der Waals surface area contributed by atoms with E-state index in [9.17, 15) is 0 Å². The second kappa shape index (κ2) is 3.77. The first-order valence-corrected chi connectivity index (χ1v) is 6.87. The smallest absolute Gasteiger partial charge is 0.133 e. The van der Waals surface area contributed by atoms with Crippen molar-refractivity contribution >= 4 is 42.8 Å². The van der Waals surface area contributed by atoms with Crippen LogP contribution in [0.1, 0.15) is 30.1 Å². The van der Waals surface area contributed by atoms with Gasteiger partial charge < -0.3 is 0 Å². The lowest BCUT2D eigenvalue weighted by Gasteiger charge is -2.06. The molecular weight excluding hydrogens is 332 g/mol. The van der Waals surface area contributed by atoms with Gasteiger partial charge in [0, 0.05) is 15.8 Å². The Kier molecular flexibility index (Phi) is 2.51. The van der Waals surface area contributed by atoms with Gasteiger partial charge in [0.15, 0.2) is 0 Å². The highest BCUT2D eigenvalue weighted by molar-refractivity contribution is 9.11. The second-order valence-corrected chi connectivity index (χ2v) is 5.90. The number of rotatable bonds is 1. The molecule has 16 heavy (non-hydrogen) atoms. The van der Waals surface area contributed by atoms with E-state index in [1.807, 2.05) is 0 Å². The van der Waals surface area contributed by atoms with Crippen LogP contribution in [0.15, 0.2) is 21.2 Å². The van der Waals surface area contributed by atoms with E-state index >= 15 is 0 Å². The Morgan fingerprint density at radius 1 is 1.19 bits per heavy atom. The quantitative estimate of drug-likeness (QED) is 0.721. The number of halogens is 2. The molecule has 1 aliphatic carbocycles. The Labute approximate surface area is 111 Å². The van der Waals surface area contributed by atoms with Gasteiger partial charge in [-0.3, -0.25) is 0 Å². The molecule has 1 fully saturated rings. The van der Waals surface area contributed by atoms with Crippen LogP contribution in [-0.2, 0) is 0 Å². The van der Waals surface area contributed by atoms with E-state index in [-0.39, 0.29) is 0 Å². The average Bonchev–Trinajstić information content (AvgIpc) is 3.02. The third-order valence-corrected chi connectivity index (χ3v) is 4.02. The molecule has 0 spiro atoms. The van der Waals surface area contributed by atoms with Crippen molar-refractivity contribution in [2.45, 2.75) is 25.7 Å². The van der Waals surface area contributed by atoms with E-state index in [1.54, 1.807) is 0 Å². The summed E-state index contributed by atoms with van der Waals surface area (Å²) >= 11 is 7.11. The van der Waals surface area contributed by atoms with Gasteiger partial charge in [-0.1, -0.05) is 0 Å². The molecule has 0 N–H and O–H groups in total. The van der Waals surface area contributed by atoms with Crippen molar-refractivity contribution in [1.29, 1.82) is 0 Å². The van der Waals surface area contributed by atoms with E-state index in [0.29, 0.717) is 5.92 Å². The topological polar surface area (TPSA) is 25.8 Å². The zero-order valence-electron chi connectivity index (χ0n) is 8.80. The first-order chi connectivity index (χ1) is 7.65. The fourth-order valence-electron chi connectivity index (χ4n) is 1.83. The fourth-order valence-corrected chi connectivity index (χ4v) is 2.98. The lowest BCUT2D eigenvalue weighted by atomic mass is 10.2. The van der Waals surface area contributed by atoms with Crippen molar-refractivity contribution < 1.29 is 0 Å². The van der Waals surface area contributed by atoms with Gasteiger partial charge in [0.25, 0.3) is 0 Å². The van der Waals surface area contributed by atoms with Crippen LogP contribution < -0.4 is 0 Å². The number of hydrogen-bond acceptors (Lipinski definition) is 2. The molecule has 1 aromatic heterocycles. The van der Waals surface area contributed by atoms with Crippen molar-refractivity contribution in [2.24, 2.45) is 0 Å². The Morgan fingerprint density at radius 2 is 1.94 bits per heavy atom. The molecule has 1 saturated carbocycles. The van der Waals surface area contributed by atoms with Crippen LogP contribution in [-0.4, -0.2) is 9.97 Å². The Bertz CT molecular complexity index is 577. The van der Waals surface area contributed by atoms with Crippen LogP contribution in [0.3, 0.4) is 0 Å². The van der Waals surface area contributed by atoms with Gasteiger partial charge in [-0.25, -0.2) is 9.97 Å². The van der Waals surface area contributed by atoms with Gasteiger partial charge in [-0.05, 0) is 69.3 Å². The lowest BCUT2D eigenvalue weighted by molar-refractivity contribution is 0.937. The molecule has 2 nitrogen and oxygen atoms in total. The molecule has 0 atom stereocenters. The molecule has 0 radical (unpaired) electrons. The SMILES string of the molecule is Cc1cc(Br)c2nc(C3CC3)nc(Br)c2c1. The molecule has 0 bridgehead atoms. The minimum atomic E-state index is 0.578. The van der Waals surface area contributed by atoms with E-state index in [2.05, 4.69) is 60.9 Å². The van der Waals surface area contributed by atoms with Crippen LogP contribution in [0.4, 0.5) is 0 Å². The predicted octanol–water partition coefficient (Wildman–Crippen LogP) is 4.34. The van der Waals surface area contributed by atoms with E-state index in [0.717, 1.165) is 25.8 Å². The summed E-state index contributed by atoms with van der Waals surface area (Å²) in [5.74, 6) is 1.55. The molecule has 0 aliphatic heterocycles. The summed E-state index contributed by atoms with van der Waals surface area (Å²) in [6, 6.07) is 4.21. The summed E-state index contributed by atoms with van der Waals surface area (Å²) in [5.41, 5.74) is 2.22. The van der Waals surface area contributed by atoms with E-state index in [1.165, 1.54) is 18.4 Å². The van der Waals surface area contributed by atoms with Gasteiger partial charge in [0.2, 0.25) is 0 Å². The van der Waals surface area contributed by atoms with Crippen LogP contribution in [0.25, 0.3) is 10.9 Å². The predicted molar refractivity (Wildman–Crippen MR) is 71.7 cm³/mol. The largest absolute Gasteiger partial charge is 0.231 e. The van der Waals surface area contributed by atoms with Crippen LogP contribution in [0.5, 0.6) is 0 Å². The number of aromatic nitrogens is 2. The first-order valence-electron chi connectivity index (χ1n) is 5.28. The lowest BCUT2D eigenvalue weighted by Crippen LogP contribution is -1.95. The maximum Gasteiger partial charge on any atom is 0.133 e. The number of aryl methyl sites for hydroxylation is 1. The molecular formula is C12H10Br2N2. The maximum atomic E-state index is 4.65. The summed E-state index contributed by atoms with van der Waals surface area (Å²) in [7, 11) is 0. The molecule has 82 valence electrons. The summed E-state index contributed by atoms with van der Waals surface area (Å²) in [6.45, 7) is 2.07. The van der Waals surface area contributed by atoms with Crippen molar-refractivity contribution in [3.8, 4) is 0 Å². The molecule has 0 saturated heterocycles. The minimum absolute atomic E-state index is 0.578. The molecule has 0 unspecified atom stereocenters. The third-order valence-electron chi connectivity index (χ3n) is 2.81. The fraction of sp³-hybridized carbons (Fsp3) is 0.333. The minimum Gasteiger partial charge on any atom is -0.231 e. The standard InChI is InChI=1S/C12H10Br2N2/c1-6-4-8-10(9(13)5-6)15-12(7-2-3-7)16-11(8)14/h4-5,7H,2-3H2,1H3. The Morgan fingerprint density at radius 3 is 2.62 bits per heavy atom. The van der Waals surface area contributed by atoms with Crippen molar-refractivity contribution in [2.75, 3.05) is 0 Å². The number of hydrogen-bond donors (Lipinski definition) is 0. The van der Waals surface area contributed by atoms with Crippen molar-refractivity contribution in [3.05, 3.63) is 32.6 Å². The second-order valence-electron chi connectivity index (χ2n) is 4.29. The highest BCUT2D eigenvalue weighted by Crippen LogP contribution is 2.40. The summed E-state index contributed by atoms with van der Waals surface area (Å²) in [5, 5.41) is 1.08. The van der Waals surface area contributed by atoms with Gasteiger partial charge in [-0.2, -0.15) is 0 Å². The molecule has 4 heteroatoms. The number of fused-ring (bicyclic) bond motifs is 1.